The van der Waals surface area contributed by atoms with Crippen molar-refractivity contribution < 1.29 is 19.0 Å². The van der Waals surface area contributed by atoms with E-state index in [4.69, 9.17) is 4.65 Å². The van der Waals surface area contributed by atoms with Crippen LogP contribution in [0.1, 0.15) is 31.1 Å². The molecule has 168 valence electrons. The molecule has 0 aliphatic heterocycles. The zero-order valence-electron chi connectivity index (χ0n) is 19.3. The fraction of sp³-hybridized carbons (Fsp3) is 0. The Balaban J connectivity index is 1.80. The van der Waals surface area contributed by atoms with E-state index in [2.05, 4.69) is 0 Å². The van der Waals surface area contributed by atoms with Crippen LogP contribution in [0.2, 0.25) is 0 Å². The highest BCUT2D eigenvalue weighted by atomic mass is 16.5. The Hall–Kier alpha value is -4.77. The quantitative estimate of drug-likeness (QED) is 0.178. The van der Waals surface area contributed by atoms with Crippen LogP contribution in [0.3, 0.4) is 0 Å². The number of hydrogen-bond acceptors (Lipinski definition) is 4. The molecule has 1 aliphatic rings. The Kier molecular flexibility index (Phi) is 4.21. The van der Waals surface area contributed by atoms with E-state index < -0.39 is 17.5 Å². The topological polar surface area (TPSA) is 60.4 Å². The summed E-state index contributed by atoms with van der Waals surface area (Å²) >= 11 is 0. The van der Waals surface area contributed by atoms with Gasteiger partial charge in [-0.3, -0.25) is 9.59 Å². The maximum atomic E-state index is 13.1. The molecule has 6 aromatic carbocycles. The van der Waals surface area contributed by atoms with E-state index in [9.17, 15) is 14.4 Å². The van der Waals surface area contributed by atoms with Gasteiger partial charge >= 0.3 is 14.0 Å². The Morgan fingerprint density at radius 1 is 0.528 bits per heavy atom. The second-order valence-electron chi connectivity index (χ2n) is 9.01. The lowest BCUT2D eigenvalue weighted by molar-refractivity contribution is 0.0753. The van der Waals surface area contributed by atoms with Gasteiger partial charge in [0.05, 0.1) is 5.56 Å². The molecule has 0 saturated heterocycles. The van der Waals surface area contributed by atoms with Crippen LogP contribution in [0.5, 0.6) is 0 Å². The molecular formula is C31H17BO4. The molecule has 0 saturated carbocycles. The average molecular weight is 464 g/mol. The number of Topliss-reactive ketones (excluding diaryl/α,β-unsaturated/α-hetero) is 2. The summed E-state index contributed by atoms with van der Waals surface area (Å²) in [5, 5.41) is 6.58. The minimum Gasteiger partial charge on any atom is -0.540 e. The second kappa shape index (κ2) is 7.36. The molecule has 6 aromatic rings. The molecule has 4 nitrogen and oxygen atoms in total. The van der Waals surface area contributed by atoms with Crippen LogP contribution in [0.15, 0.2) is 91.0 Å². The number of hydrogen-bond donors (Lipinski definition) is 0. The van der Waals surface area contributed by atoms with Crippen LogP contribution in [-0.4, -0.2) is 25.6 Å². The van der Waals surface area contributed by atoms with Gasteiger partial charge in [0.1, 0.15) is 0 Å². The average Bonchev–Trinajstić information content (AvgIpc) is 3.18. The third kappa shape index (κ3) is 2.52. The van der Waals surface area contributed by atoms with Gasteiger partial charge in [0.25, 0.3) is 0 Å². The zero-order valence-corrected chi connectivity index (χ0v) is 19.3. The van der Waals surface area contributed by atoms with Crippen LogP contribution >= 0.6 is 0 Å². The van der Waals surface area contributed by atoms with Crippen molar-refractivity contribution in [1.29, 1.82) is 0 Å². The van der Waals surface area contributed by atoms with Gasteiger partial charge < -0.3 is 4.65 Å². The molecule has 5 heteroatoms. The van der Waals surface area contributed by atoms with E-state index in [-0.39, 0.29) is 0 Å². The van der Waals surface area contributed by atoms with E-state index in [1.54, 1.807) is 6.07 Å². The van der Waals surface area contributed by atoms with Crippen LogP contribution in [-0.2, 0) is 4.65 Å². The summed E-state index contributed by atoms with van der Waals surface area (Å²) in [5.74, 6) is -1.32. The predicted molar refractivity (Wildman–Crippen MR) is 145 cm³/mol. The van der Waals surface area contributed by atoms with Gasteiger partial charge in [0.2, 0.25) is 11.6 Å². The van der Waals surface area contributed by atoms with E-state index in [0.29, 0.717) is 22.1 Å². The molecule has 0 atom stereocenters. The van der Waals surface area contributed by atoms with Gasteiger partial charge in [-0.25, -0.2) is 4.79 Å². The molecule has 0 amide bonds. The molecule has 0 radical (unpaired) electrons. The van der Waals surface area contributed by atoms with Crippen molar-refractivity contribution in [2.45, 2.75) is 0 Å². The van der Waals surface area contributed by atoms with Crippen LogP contribution < -0.4 is 0 Å². The third-order valence-corrected chi connectivity index (χ3v) is 7.30. The van der Waals surface area contributed by atoms with Gasteiger partial charge in [-0.05, 0) is 48.8 Å². The van der Waals surface area contributed by atoms with Crippen molar-refractivity contribution in [1.82, 2.24) is 0 Å². The first-order valence-corrected chi connectivity index (χ1v) is 11.7. The lowest BCUT2D eigenvalue weighted by Gasteiger charge is -2.20. The van der Waals surface area contributed by atoms with Crippen molar-refractivity contribution in [3.8, 4) is 11.1 Å². The van der Waals surface area contributed by atoms with Crippen molar-refractivity contribution in [3.63, 3.8) is 0 Å². The first-order chi connectivity index (χ1) is 17.6. The van der Waals surface area contributed by atoms with Crippen LogP contribution in [0.25, 0.3) is 54.2 Å². The van der Waals surface area contributed by atoms with Crippen molar-refractivity contribution in [2.24, 2.45) is 0 Å². The Morgan fingerprint density at radius 2 is 0.972 bits per heavy atom. The monoisotopic (exact) mass is 464 g/mol. The highest BCUT2D eigenvalue weighted by molar-refractivity contribution is 6.60. The highest BCUT2D eigenvalue weighted by Gasteiger charge is 2.34. The number of ketones is 2. The van der Waals surface area contributed by atoms with Crippen molar-refractivity contribution >= 4 is 68.7 Å². The molecule has 36 heavy (non-hydrogen) atoms. The van der Waals surface area contributed by atoms with Gasteiger partial charge in [0, 0.05) is 16.5 Å². The summed E-state index contributed by atoms with van der Waals surface area (Å²) in [6, 6.07) is 28.9. The molecule has 0 bridgehead atoms. The van der Waals surface area contributed by atoms with Crippen LogP contribution in [0, 0.1) is 0 Å². The third-order valence-electron chi connectivity index (χ3n) is 7.30. The Labute approximate surface area is 206 Å². The number of carbonyl (C=O) groups excluding carboxylic acids is 3. The predicted octanol–water partition coefficient (Wildman–Crippen LogP) is 6.05. The van der Waals surface area contributed by atoms with Crippen LogP contribution in [0.4, 0.5) is 0 Å². The fourth-order valence-electron chi connectivity index (χ4n) is 5.88. The molecule has 1 aliphatic carbocycles. The van der Waals surface area contributed by atoms with E-state index in [0.717, 1.165) is 48.8 Å². The largest absolute Gasteiger partial charge is 0.540 e. The summed E-state index contributed by atoms with van der Waals surface area (Å²) < 4.78 is 5.19. The molecule has 0 heterocycles. The molecule has 7 rings (SSSR count). The minimum atomic E-state index is -0.464. The Morgan fingerprint density at radius 3 is 1.53 bits per heavy atom. The maximum Gasteiger partial charge on any atom is 0.326 e. The molecule has 0 N–H and O–H groups in total. The smallest absolute Gasteiger partial charge is 0.326 e. The summed E-state index contributed by atoms with van der Waals surface area (Å²) in [6.45, 7) is 0. The summed E-state index contributed by atoms with van der Waals surface area (Å²) in [4.78, 5) is 39.0. The molecule has 0 spiro atoms. The lowest BCUT2D eigenvalue weighted by atomic mass is 9.83. The first kappa shape index (κ1) is 20.6. The van der Waals surface area contributed by atoms with Crippen molar-refractivity contribution in [3.05, 3.63) is 108 Å². The molecule has 0 aromatic heterocycles. The van der Waals surface area contributed by atoms with Gasteiger partial charge in [0.15, 0.2) is 0 Å². The summed E-state index contributed by atoms with van der Waals surface area (Å²) in [6.07, 6.45) is 0. The van der Waals surface area contributed by atoms with E-state index in [1.807, 2.05) is 84.9 Å². The SMILES string of the molecule is BOC(=O)c1c2ccccc2c(-c2c3ccccc3c3c4c(cccc24)C(=O)C3=O)c2ccccc12. The zero-order chi connectivity index (χ0) is 24.6. The van der Waals surface area contributed by atoms with Crippen molar-refractivity contribution in [2.75, 3.05) is 0 Å². The standard InChI is InChI=1S/C31H17BO4/c32-36-31(35)27-19-11-4-1-8-16(19)24(17-9-2-5-12-20(17)27)25-18-10-3-6-13-21(18)28-26-22(25)14-7-15-23(26)29(33)30(28)34/h1-15H,32H2. The summed E-state index contributed by atoms with van der Waals surface area (Å²) in [7, 11) is 1.39. The molecule has 0 unspecified atom stereocenters. The maximum absolute atomic E-state index is 13.1. The Bertz CT molecular complexity index is 1930. The summed E-state index contributed by atoms with van der Waals surface area (Å²) in [5.41, 5.74) is 3.34. The lowest BCUT2D eigenvalue weighted by Crippen LogP contribution is -2.06. The number of carbonyl (C=O) groups is 3. The highest BCUT2D eigenvalue weighted by Crippen LogP contribution is 2.48. The van der Waals surface area contributed by atoms with Gasteiger partial charge in [-0.15, -0.1) is 0 Å². The minimum absolute atomic E-state index is 0.393. The first-order valence-electron chi connectivity index (χ1n) is 11.7. The number of fused-ring (bicyclic) bond motifs is 4. The molecule has 0 fully saturated rings. The van der Waals surface area contributed by atoms with Gasteiger partial charge in [-0.1, -0.05) is 91.0 Å². The number of benzene rings is 6. The second-order valence-corrected chi connectivity index (χ2v) is 9.01. The number of rotatable bonds is 2. The normalized spacial score (nSPS) is 12.8. The molecular weight excluding hydrogens is 447 g/mol. The van der Waals surface area contributed by atoms with E-state index >= 15 is 0 Å². The fourth-order valence-corrected chi connectivity index (χ4v) is 5.88. The van der Waals surface area contributed by atoms with E-state index in [1.165, 1.54) is 8.05 Å². The van der Waals surface area contributed by atoms with Gasteiger partial charge in [-0.2, -0.15) is 0 Å².